The highest BCUT2D eigenvalue weighted by Gasteiger charge is 2.18. The zero-order valence-corrected chi connectivity index (χ0v) is 25.8. The number of benzene rings is 7. The van der Waals surface area contributed by atoms with E-state index in [1.807, 2.05) is 24.3 Å². The SMILES string of the molecule is c1ccc(-c2nc3ccccc3n2-c2cccc(-c3cccc(-c4nc5ccccc5c5c4ccc4c6ccccc6oc45)c3)c2)cc1. The van der Waals surface area contributed by atoms with Gasteiger partial charge in [-0.2, -0.15) is 0 Å². The number of aromatic nitrogens is 3. The van der Waals surface area contributed by atoms with Gasteiger partial charge < -0.3 is 4.42 Å². The lowest BCUT2D eigenvalue weighted by Crippen LogP contribution is -1.98. The van der Waals surface area contributed by atoms with Crippen LogP contribution in [0.1, 0.15) is 0 Å². The van der Waals surface area contributed by atoms with Gasteiger partial charge in [-0.15, -0.1) is 0 Å². The van der Waals surface area contributed by atoms with Crippen molar-refractivity contribution >= 4 is 54.6 Å². The summed E-state index contributed by atoms with van der Waals surface area (Å²) in [6.07, 6.45) is 0. The van der Waals surface area contributed by atoms with Crippen molar-refractivity contribution in [2.24, 2.45) is 0 Å². The highest BCUT2D eigenvalue weighted by atomic mass is 16.3. The molecule has 10 rings (SSSR count). The van der Waals surface area contributed by atoms with E-state index in [1.54, 1.807) is 0 Å². The maximum absolute atomic E-state index is 6.54. The summed E-state index contributed by atoms with van der Waals surface area (Å²) >= 11 is 0. The summed E-state index contributed by atoms with van der Waals surface area (Å²) in [6.45, 7) is 0. The molecule has 0 bridgehead atoms. The molecule has 0 amide bonds. The van der Waals surface area contributed by atoms with Gasteiger partial charge in [0.1, 0.15) is 17.0 Å². The average molecular weight is 614 g/mol. The van der Waals surface area contributed by atoms with E-state index < -0.39 is 0 Å². The third-order valence-electron chi connectivity index (χ3n) is 9.37. The fraction of sp³-hybridized carbons (Fsp3) is 0. The molecule has 48 heavy (non-hydrogen) atoms. The first-order valence-corrected chi connectivity index (χ1v) is 16.2. The van der Waals surface area contributed by atoms with Crippen LogP contribution >= 0.6 is 0 Å². The Labute approximate surface area is 276 Å². The van der Waals surface area contributed by atoms with Crippen molar-refractivity contribution < 1.29 is 4.42 Å². The lowest BCUT2D eigenvalue weighted by molar-refractivity contribution is 0.673. The van der Waals surface area contributed by atoms with Crippen molar-refractivity contribution in [3.63, 3.8) is 0 Å². The largest absolute Gasteiger partial charge is 0.455 e. The minimum atomic E-state index is 0.894. The second-order valence-corrected chi connectivity index (χ2v) is 12.2. The molecule has 0 saturated carbocycles. The lowest BCUT2D eigenvalue weighted by atomic mass is 9.96. The molecule has 0 saturated heterocycles. The second-order valence-electron chi connectivity index (χ2n) is 12.2. The monoisotopic (exact) mass is 613 g/mol. The summed E-state index contributed by atoms with van der Waals surface area (Å²) in [7, 11) is 0. The minimum Gasteiger partial charge on any atom is -0.455 e. The molecule has 0 aliphatic carbocycles. The van der Waals surface area contributed by atoms with E-state index in [-0.39, 0.29) is 0 Å². The highest BCUT2D eigenvalue weighted by molar-refractivity contribution is 6.24. The summed E-state index contributed by atoms with van der Waals surface area (Å²) in [6, 6.07) is 57.1. The fourth-order valence-electron chi connectivity index (χ4n) is 7.18. The Morgan fingerprint density at radius 2 is 1.10 bits per heavy atom. The van der Waals surface area contributed by atoms with Gasteiger partial charge in [-0.1, -0.05) is 115 Å². The van der Waals surface area contributed by atoms with Crippen molar-refractivity contribution in [2.45, 2.75) is 0 Å². The van der Waals surface area contributed by atoms with Gasteiger partial charge in [-0.3, -0.25) is 4.57 Å². The third kappa shape index (κ3) is 4.10. The van der Waals surface area contributed by atoms with Crippen LogP contribution in [0.25, 0.3) is 94.1 Å². The number of imidazole rings is 1. The van der Waals surface area contributed by atoms with E-state index in [2.05, 4.69) is 144 Å². The molecule has 10 aromatic rings. The summed E-state index contributed by atoms with van der Waals surface area (Å²) in [5.41, 5.74) is 11.2. The maximum Gasteiger partial charge on any atom is 0.145 e. The third-order valence-corrected chi connectivity index (χ3v) is 9.37. The van der Waals surface area contributed by atoms with E-state index in [9.17, 15) is 0 Å². The second kappa shape index (κ2) is 10.5. The predicted molar refractivity (Wildman–Crippen MR) is 197 cm³/mol. The van der Waals surface area contributed by atoms with E-state index in [4.69, 9.17) is 14.4 Å². The molecule has 0 radical (unpaired) electrons. The van der Waals surface area contributed by atoms with Gasteiger partial charge in [-0.25, -0.2) is 9.97 Å². The van der Waals surface area contributed by atoms with Crippen LogP contribution in [0.5, 0.6) is 0 Å². The molecular formula is C44H27N3O. The normalized spacial score (nSPS) is 11.8. The van der Waals surface area contributed by atoms with E-state index in [0.717, 1.165) is 94.1 Å². The fourth-order valence-corrected chi connectivity index (χ4v) is 7.18. The first-order valence-electron chi connectivity index (χ1n) is 16.2. The molecule has 0 unspecified atom stereocenters. The Kier molecular flexibility index (Phi) is 5.84. The number of rotatable bonds is 4. The summed E-state index contributed by atoms with van der Waals surface area (Å²) in [5.74, 6) is 0.923. The van der Waals surface area contributed by atoms with Crippen LogP contribution in [-0.4, -0.2) is 14.5 Å². The quantitative estimate of drug-likeness (QED) is 0.186. The molecule has 3 heterocycles. The molecule has 0 N–H and O–H groups in total. The molecule has 7 aromatic carbocycles. The molecule has 224 valence electrons. The highest BCUT2D eigenvalue weighted by Crippen LogP contribution is 2.41. The molecule has 3 aromatic heterocycles. The Morgan fingerprint density at radius 3 is 2.00 bits per heavy atom. The van der Waals surface area contributed by atoms with Crippen molar-refractivity contribution in [1.82, 2.24) is 14.5 Å². The average Bonchev–Trinajstić information content (AvgIpc) is 3.74. The topological polar surface area (TPSA) is 43.9 Å². The Bertz CT molecular complexity index is 2840. The smallest absolute Gasteiger partial charge is 0.145 e. The standard InChI is InChI=1S/C44H27N3O/c1-2-12-28(13-3-1)44-46-38-21-7-8-22-39(38)47(44)32-17-11-15-30(27-32)29-14-10-16-31(26-29)42-36-25-24-34-33-18-5-9-23-40(33)48-43(34)41(36)35-19-4-6-20-37(35)45-42/h1-27H. The van der Waals surface area contributed by atoms with Gasteiger partial charge in [-0.05, 0) is 59.7 Å². The molecule has 0 fully saturated rings. The van der Waals surface area contributed by atoms with Gasteiger partial charge in [0.15, 0.2) is 0 Å². The van der Waals surface area contributed by atoms with Crippen molar-refractivity contribution in [1.29, 1.82) is 0 Å². The van der Waals surface area contributed by atoms with Crippen LogP contribution in [0.2, 0.25) is 0 Å². The van der Waals surface area contributed by atoms with Crippen molar-refractivity contribution in [3.8, 4) is 39.5 Å². The molecule has 0 aliphatic heterocycles. The molecule has 4 nitrogen and oxygen atoms in total. The first-order chi connectivity index (χ1) is 23.8. The summed E-state index contributed by atoms with van der Waals surface area (Å²) in [4.78, 5) is 10.3. The van der Waals surface area contributed by atoms with Crippen LogP contribution in [0, 0.1) is 0 Å². The molecule has 4 heteroatoms. The van der Waals surface area contributed by atoms with E-state index >= 15 is 0 Å². The van der Waals surface area contributed by atoms with Gasteiger partial charge in [0.05, 0.1) is 22.2 Å². The Balaban J connectivity index is 1.16. The van der Waals surface area contributed by atoms with E-state index in [0.29, 0.717) is 0 Å². The zero-order valence-electron chi connectivity index (χ0n) is 25.8. The number of para-hydroxylation sites is 4. The van der Waals surface area contributed by atoms with Gasteiger partial charge in [0.25, 0.3) is 0 Å². The van der Waals surface area contributed by atoms with Crippen LogP contribution in [0.4, 0.5) is 0 Å². The number of hydrogen-bond acceptors (Lipinski definition) is 3. The number of pyridine rings is 1. The zero-order chi connectivity index (χ0) is 31.6. The van der Waals surface area contributed by atoms with Gasteiger partial charge >= 0.3 is 0 Å². The maximum atomic E-state index is 6.54. The van der Waals surface area contributed by atoms with E-state index in [1.165, 1.54) is 0 Å². The number of fused-ring (bicyclic) bond motifs is 8. The summed E-state index contributed by atoms with van der Waals surface area (Å²) < 4.78 is 8.80. The lowest BCUT2D eigenvalue weighted by Gasteiger charge is -2.13. The van der Waals surface area contributed by atoms with Gasteiger partial charge in [0.2, 0.25) is 0 Å². The number of hydrogen-bond donors (Lipinski definition) is 0. The van der Waals surface area contributed by atoms with Crippen molar-refractivity contribution in [3.05, 3.63) is 164 Å². The molecular weight excluding hydrogens is 587 g/mol. The molecule has 0 spiro atoms. The Hall–Kier alpha value is -6.52. The van der Waals surface area contributed by atoms with Crippen molar-refractivity contribution in [2.75, 3.05) is 0 Å². The molecule has 0 aliphatic rings. The van der Waals surface area contributed by atoms with Crippen LogP contribution in [0.15, 0.2) is 168 Å². The van der Waals surface area contributed by atoms with Crippen LogP contribution in [0.3, 0.4) is 0 Å². The van der Waals surface area contributed by atoms with Crippen LogP contribution < -0.4 is 0 Å². The first kappa shape index (κ1) is 26.7. The van der Waals surface area contributed by atoms with Crippen LogP contribution in [-0.2, 0) is 0 Å². The summed E-state index contributed by atoms with van der Waals surface area (Å²) in [5, 5.41) is 5.50. The number of nitrogens with zero attached hydrogens (tertiary/aromatic N) is 3. The van der Waals surface area contributed by atoms with Gasteiger partial charge in [0, 0.05) is 43.7 Å². The molecule has 0 atom stereocenters. The minimum absolute atomic E-state index is 0.894. The number of furan rings is 1. The Morgan fingerprint density at radius 1 is 0.438 bits per heavy atom. The predicted octanol–water partition coefficient (Wildman–Crippen LogP) is 11.6.